The minimum absolute atomic E-state index is 0.187. The summed E-state index contributed by atoms with van der Waals surface area (Å²) in [6.07, 6.45) is 6.78. The van der Waals surface area contributed by atoms with Gasteiger partial charge in [-0.3, -0.25) is 9.78 Å². The molecule has 0 unspecified atom stereocenters. The average molecular weight is 386 g/mol. The molecule has 0 bridgehead atoms. The fourth-order valence-corrected chi connectivity index (χ4v) is 3.74. The van der Waals surface area contributed by atoms with Gasteiger partial charge in [0.15, 0.2) is 0 Å². The molecule has 4 heteroatoms. The lowest BCUT2D eigenvalue weighted by atomic mass is 10.0. The first-order valence-corrected chi connectivity index (χ1v) is 10.3. The zero-order chi connectivity index (χ0) is 20.1. The minimum atomic E-state index is 0.187. The number of fused-ring (bicyclic) bond motifs is 1. The van der Waals surface area contributed by atoms with E-state index in [2.05, 4.69) is 42.2 Å². The molecule has 148 valence electrons. The van der Waals surface area contributed by atoms with Gasteiger partial charge in [0.05, 0.1) is 6.61 Å². The van der Waals surface area contributed by atoms with Crippen molar-refractivity contribution in [3.63, 3.8) is 0 Å². The molecule has 0 aliphatic carbocycles. The highest BCUT2D eigenvalue weighted by Crippen LogP contribution is 2.32. The maximum Gasteiger partial charge on any atom is 0.227 e. The van der Waals surface area contributed by atoms with Crippen molar-refractivity contribution in [1.29, 1.82) is 0 Å². The number of aryl methyl sites for hydroxylation is 1. The van der Waals surface area contributed by atoms with Crippen molar-refractivity contribution in [3.05, 3.63) is 78.1 Å². The van der Waals surface area contributed by atoms with Gasteiger partial charge < -0.3 is 9.64 Å². The molecule has 4 rings (SSSR count). The van der Waals surface area contributed by atoms with E-state index in [1.165, 1.54) is 11.1 Å². The Bertz CT molecular complexity index is 968. The third-order valence-electron chi connectivity index (χ3n) is 5.31. The Morgan fingerprint density at radius 3 is 2.59 bits per heavy atom. The van der Waals surface area contributed by atoms with E-state index in [0.717, 1.165) is 55.0 Å². The quantitative estimate of drug-likeness (QED) is 0.570. The first-order chi connectivity index (χ1) is 14.2. The van der Waals surface area contributed by atoms with Crippen LogP contribution in [0.3, 0.4) is 0 Å². The van der Waals surface area contributed by atoms with Crippen LogP contribution in [0.15, 0.2) is 67.0 Å². The van der Waals surface area contributed by atoms with Gasteiger partial charge in [0, 0.05) is 31.0 Å². The van der Waals surface area contributed by atoms with Gasteiger partial charge in [-0.1, -0.05) is 25.1 Å². The second kappa shape index (κ2) is 8.91. The van der Waals surface area contributed by atoms with Crippen molar-refractivity contribution in [2.24, 2.45) is 0 Å². The predicted octanol–water partition coefficient (Wildman–Crippen LogP) is 5.06. The molecule has 0 saturated heterocycles. The molecule has 0 radical (unpaired) electrons. The summed E-state index contributed by atoms with van der Waals surface area (Å²) in [5, 5.41) is 0. The van der Waals surface area contributed by atoms with Crippen LogP contribution in [0.25, 0.3) is 11.1 Å². The van der Waals surface area contributed by atoms with E-state index in [9.17, 15) is 4.79 Å². The van der Waals surface area contributed by atoms with Gasteiger partial charge in [-0.2, -0.15) is 0 Å². The van der Waals surface area contributed by atoms with Gasteiger partial charge in [-0.05, 0) is 77.9 Å². The number of nitrogens with zero attached hydrogens (tertiary/aromatic N) is 2. The van der Waals surface area contributed by atoms with Gasteiger partial charge in [0.1, 0.15) is 5.75 Å². The van der Waals surface area contributed by atoms with Crippen molar-refractivity contribution >= 4 is 11.6 Å². The molecule has 3 aromatic rings. The molecule has 4 nitrogen and oxygen atoms in total. The lowest BCUT2D eigenvalue weighted by Crippen LogP contribution is -2.29. The standard InChI is InChI=1S/C25H26N2O2/c1-2-17-29-23-7-3-19(4-8-23)5-10-25(28)27-16-13-22-18-21(6-9-24(22)27)20-11-14-26-15-12-20/h3-4,6-9,11-12,14-15,18H,2,5,10,13,16-17H2,1H3. The Morgan fingerprint density at radius 1 is 1.03 bits per heavy atom. The van der Waals surface area contributed by atoms with E-state index in [1.54, 1.807) is 12.4 Å². The Kier molecular flexibility index (Phi) is 5.89. The van der Waals surface area contributed by atoms with Crippen LogP contribution in [-0.2, 0) is 17.6 Å². The summed E-state index contributed by atoms with van der Waals surface area (Å²) in [5.74, 6) is 1.08. The van der Waals surface area contributed by atoms with E-state index in [0.29, 0.717) is 6.42 Å². The molecule has 0 fully saturated rings. The van der Waals surface area contributed by atoms with Gasteiger partial charge in [0.25, 0.3) is 0 Å². The van der Waals surface area contributed by atoms with Crippen LogP contribution in [0, 0.1) is 0 Å². The number of hydrogen-bond acceptors (Lipinski definition) is 3. The number of benzene rings is 2. The zero-order valence-electron chi connectivity index (χ0n) is 16.8. The number of ether oxygens (including phenoxy) is 1. The molecular weight excluding hydrogens is 360 g/mol. The maximum atomic E-state index is 12.8. The summed E-state index contributed by atoms with van der Waals surface area (Å²) in [6.45, 7) is 3.59. The van der Waals surface area contributed by atoms with Crippen LogP contribution in [-0.4, -0.2) is 24.0 Å². The molecule has 2 aromatic carbocycles. The number of carbonyl (C=O) groups excluding carboxylic acids is 1. The Morgan fingerprint density at radius 2 is 1.83 bits per heavy atom. The van der Waals surface area contributed by atoms with Crippen LogP contribution in [0.4, 0.5) is 5.69 Å². The van der Waals surface area contributed by atoms with Crippen molar-refractivity contribution in [1.82, 2.24) is 4.98 Å². The van der Waals surface area contributed by atoms with E-state index in [1.807, 2.05) is 29.2 Å². The van der Waals surface area contributed by atoms with Crippen LogP contribution < -0.4 is 9.64 Å². The maximum absolute atomic E-state index is 12.8. The summed E-state index contributed by atoms with van der Waals surface area (Å²) in [5.41, 5.74) is 5.78. The van der Waals surface area contributed by atoms with Crippen molar-refractivity contribution < 1.29 is 9.53 Å². The second-order valence-electron chi connectivity index (χ2n) is 7.37. The molecule has 0 saturated carbocycles. The fourth-order valence-electron chi connectivity index (χ4n) is 3.74. The van der Waals surface area contributed by atoms with Crippen LogP contribution in [0.2, 0.25) is 0 Å². The molecule has 1 aliphatic rings. The highest BCUT2D eigenvalue weighted by Gasteiger charge is 2.24. The second-order valence-corrected chi connectivity index (χ2v) is 7.37. The van der Waals surface area contributed by atoms with Gasteiger partial charge >= 0.3 is 0 Å². The number of amides is 1. The average Bonchev–Trinajstić information content (AvgIpc) is 3.21. The van der Waals surface area contributed by atoms with Gasteiger partial charge in [-0.25, -0.2) is 0 Å². The molecule has 0 atom stereocenters. The van der Waals surface area contributed by atoms with Gasteiger partial charge in [0.2, 0.25) is 5.91 Å². The van der Waals surface area contributed by atoms with Crippen molar-refractivity contribution in [2.45, 2.75) is 32.6 Å². The normalized spacial score (nSPS) is 12.7. The molecule has 0 spiro atoms. The monoisotopic (exact) mass is 386 g/mol. The zero-order valence-corrected chi connectivity index (χ0v) is 16.8. The molecular formula is C25H26N2O2. The molecule has 1 amide bonds. The molecule has 1 aromatic heterocycles. The molecule has 2 heterocycles. The third kappa shape index (κ3) is 4.48. The fraction of sp³-hybridized carbons (Fsp3) is 0.280. The highest BCUT2D eigenvalue weighted by molar-refractivity contribution is 5.96. The summed E-state index contributed by atoms with van der Waals surface area (Å²) in [7, 11) is 0. The summed E-state index contributed by atoms with van der Waals surface area (Å²) in [4.78, 5) is 18.9. The van der Waals surface area contributed by atoms with Crippen molar-refractivity contribution in [3.8, 4) is 16.9 Å². The van der Waals surface area contributed by atoms with Gasteiger partial charge in [-0.15, -0.1) is 0 Å². The Balaban J connectivity index is 1.38. The number of rotatable bonds is 7. The highest BCUT2D eigenvalue weighted by atomic mass is 16.5. The summed E-state index contributed by atoms with van der Waals surface area (Å²) < 4.78 is 5.62. The number of carbonyl (C=O) groups is 1. The van der Waals surface area contributed by atoms with Crippen LogP contribution in [0.1, 0.15) is 30.9 Å². The third-order valence-corrected chi connectivity index (χ3v) is 5.31. The summed E-state index contributed by atoms with van der Waals surface area (Å²) in [6, 6.07) is 18.5. The first kappa shape index (κ1) is 19.2. The molecule has 1 aliphatic heterocycles. The van der Waals surface area contributed by atoms with E-state index >= 15 is 0 Å². The van der Waals surface area contributed by atoms with E-state index in [4.69, 9.17) is 4.74 Å². The first-order valence-electron chi connectivity index (χ1n) is 10.3. The molecule has 0 N–H and O–H groups in total. The van der Waals surface area contributed by atoms with E-state index in [-0.39, 0.29) is 5.91 Å². The minimum Gasteiger partial charge on any atom is -0.494 e. The topological polar surface area (TPSA) is 42.4 Å². The van der Waals surface area contributed by atoms with Crippen LogP contribution in [0.5, 0.6) is 5.75 Å². The number of pyridine rings is 1. The SMILES string of the molecule is CCCOc1ccc(CCC(=O)N2CCc3cc(-c4ccncc4)ccc32)cc1. The number of hydrogen-bond donors (Lipinski definition) is 0. The van der Waals surface area contributed by atoms with E-state index < -0.39 is 0 Å². The summed E-state index contributed by atoms with van der Waals surface area (Å²) >= 11 is 0. The lowest BCUT2D eigenvalue weighted by molar-refractivity contribution is -0.118. The molecule has 29 heavy (non-hydrogen) atoms. The number of anilines is 1. The number of aromatic nitrogens is 1. The predicted molar refractivity (Wildman–Crippen MR) is 116 cm³/mol. The Hall–Kier alpha value is -3.14. The van der Waals surface area contributed by atoms with Crippen molar-refractivity contribution in [2.75, 3.05) is 18.1 Å². The van der Waals surface area contributed by atoms with Crippen LogP contribution >= 0.6 is 0 Å². The lowest BCUT2D eigenvalue weighted by Gasteiger charge is -2.18. The Labute approximate surface area is 172 Å². The largest absolute Gasteiger partial charge is 0.494 e. The smallest absolute Gasteiger partial charge is 0.227 e.